The van der Waals surface area contributed by atoms with E-state index in [9.17, 15) is 17.2 Å². The van der Waals surface area contributed by atoms with E-state index in [0.29, 0.717) is 32.9 Å². The number of H-pyrrole nitrogens is 1. The van der Waals surface area contributed by atoms with Crippen LogP contribution in [-0.2, 0) is 9.84 Å². The van der Waals surface area contributed by atoms with Crippen LogP contribution >= 0.6 is 11.6 Å². The van der Waals surface area contributed by atoms with E-state index in [1.165, 1.54) is 6.07 Å². The number of ether oxygens (including phenoxy) is 1. The van der Waals surface area contributed by atoms with Crippen molar-refractivity contribution < 1.29 is 21.9 Å². The summed E-state index contributed by atoms with van der Waals surface area (Å²) in [7, 11) is -3.31. The molecule has 3 aromatic carbocycles. The maximum Gasteiger partial charge on any atom is 0.387 e. The molecule has 0 saturated heterocycles. The van der Waals surface area contributed by atoms with Gasteiger partial charge in [-0.15, -0.1) is 0 Å². The fourth-order valence-electron chi connectivity index (χ4n) is 4.33. The SMILES string of the molecule is NCC(c1ccc(S(=O)(=O)CC2CC2)cc1)c1nc2c(Cl)c(-c3ccccc3OC(F)F)ccc2[nH]1. The number of hydrogen-bond donors (Lipinski definition) is 2. The van der Waals surface area contributed by atoms with Gasteiger partial charge < -0.3 is 15.5 Å². The Morgan fingerprint density at radius 1 is 1.06 bits per heavy atom. The van der Waals surface area contributed by atoms with Crippen LogP contribution in [0, 0.1) is 5.92 Å². The molecule has 0 spiro atoms. The zero-order valence-corrected chi connectivity index (χ0v) is 20.7. The Balaban J connectivity index is 1.48. The number of alkyl halides is 2. The predicted octanol–water partition coefficient (Wildman–Crippen LogP) is 5.76. The second-order valence-corrected chi connectivity index (χ2v) is 11.3. The molecule has 1 saturated carbocycles. The average Bonchev–Trinajstić information content (AvgIpc) is 3.54. The molecule has 0 aliphatic heterocycles. The Hall–Kier alpha value is -3.01. The maximum absolute atomic E-state index is 12.9. The number of fused-ring (bicyclic) bond motifs is 1. The maximum atomic E-state index is 12.9. The van der Waals surface area contributed by atoms with Crippen LogP contribution in [0.3, 0.4) is 0 Å². The Kier molecular flexibility index (Phi) is 6.72. The molecular formula is C26H24ClF2N3O3S. The van der Waals surface area contributed by atoms with E-state index in [1.54, 1.807) is 54.6 Å². The smallest absolute Gasteiger partial charge is 0.387 e. The van der Waals surface area contributed by atoms with Gasteiger partial charge in [0, 0.05) is 17.7 Å². The molecule has 0 bridgehead atoms. The Morgan fingerprint density at radius 3 is 2.44 bits per heavy atom. The molecule has 1 fully saturated rings. The van der Waals surface area contributed by atoms with Crippen LogP contribution in [0.15, 0.2) is 65.6 Å². The van der Waals surface area contributed by atoms with Crippen LogP contribution in [0.1, 0.15) is 30.1 Å². The average molecular weight is 532 g/mol. The largest absolute Gasteiger partial charge is 0.434 e. The summed E-state index contributed by atoms with van der Waals surface area (Å²) in [4.78, 5) is 8.23. The molecule has 0 radical (unpaired) electrons. The highest BCUT2D eigenvalue weighted by Gasteiger charge is 2.29. The number of sulfone groups is 1. The van der Waals surface area contributed by atoms with Gasteiger partial charge in [-0.25, -0.2) is 13.4 Å². The first-order valence-corrected chi connectivity index (χ1v) is 13.5. The number of imidazole rings is 1. The van der Waals surface area contributed by atoms with Gasteiger partial charge in [-0.05, 0) is 48.6 Å². The number of aromatic amines is 1. The molecule has 3 N–H and O–H groups in total. The second kappa shape index (κ2) is 9.80. The summed E-state index contributed by atoms with van der Waals surface area (Å²) in [5.41, 5.74) is 8.96. The summed E-state index contributed by atoms with van der Waals surface area (Å²) in [5, 5.41) is 0.289. The van der Waals surface area contributed by atoms with Crippen LogP contribution in [0.2, 0.25) is 5.02 Å². The number of hydrogen-bond acceptors (Lipinski definition) is 5. The van der Waals surface area contributed by atoms with Gasteiger partial charge in [0.25, 0.3) is 0 Å². The Bertz CT molecular complexity index is 1500. The molecule has 36 heavy (non-hydrogen) atoms. The van der Waals surface area contributed by atoms with Gasteiger partial charge in [-0.3, -0.25) is 0 Å². The lowest BCUT2D eigenvalue weighted by Crippen LogP contribution is -2.15. The molecule has 1 aromatic heterocycles. The third kappa shape index (κ3) is 4.96. The van der Waals surface area contributed by atoms with Crippen molar-refractivity contribution >= 4 is 32.5 Å². The summed E-state index contributed by atoms with van der Waals surface area (Å²) in [6.45, 7) is -2.74. The van der Waals surface area contributed by atoms with Gasteiger partial charge in [0.2, 0.25) is 0 Å². The van der Waals surface area contributed by atoms with E-state index in [0.717, 1.165) is 18.4 Å². The van der Waals surface area contributed by atoms with Gasteiger partial charge in [-0.2, -0.15) is 8.78 Å². The van der Waals surface area contributed by atoms with Gasteiger partial charge in [-0.1, -0.05) is 48.0 Å². The standard InChI is InChI=1S/C26H24ClF2N3O3S/c27-23-19(18-3-1-2-4-22(18)35-26(28)29)11-12-21-24(23)32-25(31-21)20(13-30)16-7-9-17(10-8-16)36(33,34)14-15-5-6-15/h1-4,7-12,15,20,26H,5-6,13-14,30H2,(H,31,32). The van der Waals surface area contributed by atoms with Crippen LogP contribution in [-0.4, -0.2) is 37.3 Å². The number of rotatable bonds is 9. The van der Waals surface area contributed by atoms with Crippen molar-refractivity contribution in [2.24, 2.45) is 11.7 Å². The van der Waals surface area contributed by atoms with E-state index in [-0.39, 0.29) is 34.9 Å². The van der Waals surface area contributed by atoms with E-state index >= 15 is 0 Å². The minimum Gasteiger partial charge on any atom is -0.434 e. The minimum absolute atomic E-state index is 0.0149. The lowest BCUT2D eigenvalue weighted by Gasteiger charge is -2.13. The monoisotopic (exact) mass is 531 g/mol. The van der Waals surface area contributed by atoms with Crippen molar-refractivity contribution in [2.45, 2.75) is 30.3 Å². The zero-order chi connectivity index (χ0) is 25.4. The van der Waals surface area contributed by atoms with Crippen LogP contribution in [0.4, 0.5) is 8.78 Å². The fraction of sp³-hybridized carbons (Fsp3) is 0.269. The second-order valence-electron chi connectivity index (χ2n) is 8.90. The van der Waals surface area contributed by atoms with E-state index in [4.69, 9.17) is 17.3 Å². The number of benzene rings is 3. The molecule has 1 aliphatic carbocycles. The number of nitrogens with zero attached hydrogens (tertiary/aromatic N) is 1. The van der Waals surface area contributed by atoms with Gasteiger partial charge in [0.15, 0.2) is 9.84 Å². The molecule has 4 aromatic rings. The third-order valence-corrected chi connectivity index (χ3v) is 8.65. The highest BCUT2D eigenvalue weighted by atomic mass is 35.5. The lowest BCUT2D eigenvalue weighted by molar-refractivity contribution is -0.0494. The topological polar surface area (TPSA) is 98.1 Å². The molecule has 5 rings (SSSR count). The number of para-hydroxylation sites is 1. The molecule has 0 amide bonds. The van der Waals surface area contributed by atoms with E-state index < -0.39 is 16.4 Å². The van der Waals surface area contributed by atoms with Crippen molar-refractivity contribution in [3.05, 3.63) is 77.1 Å². The van der Waals surface area contributed by atoms with E-state index in [2.05, 4.69) is 14.7 Å². The van der Waals surface area contributed by atoms with Gasteiger partial charge in [0.1, 0.15) is 17.1 Å². The molecule has 188 valence electrons. The first-order valence-electron chi connectivity index (χ1n) is 11.5. The summed E-state index contributed by atoms with van der Waals surface area (Å²) in [5.74, 6) is 0.707. The molecule has 6 nitrogen and oxygen atoms in total. The van der Waals surface area contributed by atoms with Crippen molar-refractivity contribution in [3.8, 4) is 16.9 Å². The molecule has 1 heterocycles. The number of halogens is 3. The molecule has 1 aliphatic rings. The summed E-state index contributed by atoms with van der Waals surface area (Å²) in [6, 6.07) is 16.7. The van der Waals surface area contributed by atoms with Crippen molar-refractivity contribution in [1.29, 1.82) is 0 Å². The van der Waals surface area contributed by atoms with Gasteiger partial charge in [0.05, 0.1) is 27.1 Å². The van der Waals surface area contributed by atoms with Crippen LogP contribution < -0.4 is 10.5 Å². The lowest BCUT2D eigenvalue weighted by atomic mass is 9.99. The number of aromatic nitrogens is 2. The fourth-order valence-corrected chi connectivity index (χ4v) is 6.33. The van der Waals surface area contributed by atoms with Crippen molar-refractivity contribution in [2.75, 3.05) is 12.3 Å². The first-order chi connectivity index (χ1) is 17.3. The Labute approximate surface area is 212 Å². The third-order valence-electron chi connectivity index (χ3n) is 6.36. The quantitative estimate of drug-likeness (QED) is 0.286. The Morgan fingerprint density at radius 2 is 1.78 bits per heavy atom. The summed E-state index contributed by atoms with van der Waals surface area (Å²) < 4.78 is 55.6. The van der Waals surface area contributed by atoms with Crippen molar-refractivity contribution in [1.82, 2.24) is 9.97 Å². The van der Waals surface area contributed by atoms with Crippen molar-refractivity contribution in [3.63, 3.8) is 0 Å². The summed E-state index contributed by atoms with van der Waals surface area (Å²) >= 11 is 6.69. The van der Waals surface area contributed by atoms with Crippen LogP contribution in [0.5, 0.6) is 5.75 Å². The number of nitrogens with two attached hydrogens (primary N) is 1. The summed E-state index contributed by atoms with van der Waals surface area (Å²) in [6.07, 6.45) is 1.93. The first kappa shape index (κ1) is 24.7. The molecule has 1 unspecified atom stereocenters. The molecule has 1 atom stereocenters. The normalized spacial score (nSPS) is 14.9. The minimum atomic E-state index is -3.31. The molecule has 10 heteroatoms. The van der Waals surface area contributed by atoms with E-state index in [1.807, 2.05) is 0 Å². The number of nitrogens with one attached hydrogen (secondary N) is 1. The van der Waals surface area contributed by atoms with Crippen LogP contribution in [0.25, 0.3) is 22.2 Å². The molecular weight excluding hydrogens is 508 g/mol. The zero-order valence-electron chi connectivity index (χ0n) is 19.1. The highest BCUT2D eigenvalue weighted by Crippen LogP contribution is 2.39. The van der Waals surface area contributed by atoms with Gasteiger partial charge >= 0.3 is 6.61 Å². The highest BCUT2D eigenvalue weighted by molar-refractivity contribution is 7.91. The predicted molar refractivity (Wildman–Crippen MR) is 135 cm³/mol.